The summed E-state index contributed by atoms with van der Waals surface area (Å²) in [7, 11) is 0. The van der Waals surface area contributed by atoms with Crippen molar-refractivity contribution in [3.63, 3.8) is 0 Å². The van der Waals surface area contributed by atoms with E-state index in [0.29, 0.717) is 38.8 Å². The van der Waals surface area contributed by atoms with Crippen molar-refractivity contribution in [3.8, 4) is 39.8 Å². The van der Waals surface area contributed by atoms with E-state index in [0.717, 1.165) is 45.2 Å². The smallest absolute Gasteiger partial charge is 0.320 e. The second-order valence-electron chi connectivity index (χ2n) is 11.4. The summed E-state index contributed by atoms with van der Waals surface area (Å²) in [4.78, 5) is 26.6. The second-order valence-corrected chi connectivity index (χ2v) is 11.8. The molecule has 1 aromatic heterocycles. The molecule has 0 bridgehead atoms. The van der Waals surface area contributed by atoms with Gasteiger partial charge in [0.25, 0.3) is 0 Å². The van der Waals surface area contributed by atoms with Crippen LogP contribution in [0.1, 0.15) is 50.7 Å². The van der Waals surface area contributed by atoms with Crippen molar-refractivity contribution >= 4 is 23.9 Å². The third-order valence-corrected chi connectivity index (χ3v) is 8.51. The van der Waals surface area contributed by atoms with E-state index in [4.69, 9.17) is 21.1 Å². The fraction of sp³-hybridized carbons (Fsp3) is 0.179. The van der Waals surface area contributed by atoms with Gasteiger partial charge in [-0.15, -0.1) is 0 Å². The maximum Gasteiger partial charge on any atom is 0.320 e. The van der Waals surface area contributed by atoms with Crippen molar-refractivity contribution in [1.29, 1.82) is 5.26 Å². The lowest BCUT2D eigenvalue weighted by molar-refractivity contribution is -0.139. The number of halogens is 1. The molecule has 5 aromatic rings. The van der Waals surface area contributed by atoms with Gasteiger partial charge < -0.3 is 19.9 Å². The van der Waals surface area contributed by atoms with Crippen LogP contribution in [0.2, 0.25) is 5.02 Å². The van der Waals surface area contributed by atoms with Crippen molar-refractivity contribution in [1.82, 2.24) is 10.3 Å². The molecule has 2 N–H and O–H groups in total. The Morgan fingerprint density at radius 2 is 1.60 bits per heavy atom. The van der Waals surface area contributed by atoms with Crippen molar-refractivity contribution in [2.24, 2.45) is 0 Å². The number of rotatable bonds is 13. The first-order valence-corrected chi connectivity index (χ1v) is 15.7. The monoisotopic (exact) mass is 659 g/mol. The Balaban J connectivity index is 1.40. The maximum atomic E-state index is 11.4. The van der Waals surface area contributed by atoms with Gasteiger partial charge in [-0.2, -0.15) is 5.26 Å². The minimum absolute atomic E-state index is 0.131. The Morgan fingerprint density at radius 3 is 2.31 bits per heavy atom. The summed E-state index contributed by atoms with van der Waals surface area (Å²) in [6, 6.07) is 26.3. The highest BCUT2D eigenvalue weighted by Crippen LogP contribution is 2.37. The maximum absolute atomic E-state index is 11.4. The lowest BCUT2D eigenvalue weighted by Crippen LogP contribution is -2.33. The molecule has 0 radical (unpaired) electrons. The van der Waals surface area contributed by atoms with Crippen LogP contribution in [-0.4, -0.2) is 28.4 Å². The lowest BCUT2D eigenvalue weighted by atomic mass is 9.89. The van der Waals surface area contributed by atoms with E-state index in [1.165, 1.54) is 6.20 Å². The number of carbonyl (C=O) groups excluding carboxylic acids is 1. The molecule has 242 valence electrons. The summed E-state index contributed by atoms with van der Waals surface area (Å²) in [6.45, 7) is 6.29. The number of carboxylic acid groups (broad SMARTS) is 1. The van der Waals surface area contributed by atoms with E-state index in [9.17, 15) is 20.0 Å². The SMILES string of the molecule is Cc1c(COc2cc(OCc3cncc(C#N)c3)c(CNC(C)C(=O)O)cc2Cl)cccc1-c1cccc(-c2ccc(C=O)cc2)c1C. The van der Waals surface area contributed by atoms with Crippen LogP contribution in [0.15, 0.2) is 91.3 Å². The van der Waals surface area contributed by atoms with Crippen molar-refractivity contribution < 1.29 is 24.2 Å². The molecular weight excluding hydrogens is 626 g/mol. The zero-order chi connectivity index (χ0) is 34.2. The Morgan fingerprint density at radius 1 is 0.917 bits per heavy atom. The van der Waals surface area contributed by atoms with E-state index in [1.54, 1.807) is 31.3 Å². The molecule has 5 rings (SSSR count). The normalized spacial score (nSPS) is 11.4. The molecule has 9 heteroatoms. The Bertz CT molecular complexity index is 2000. The number of benzene rings is 4. The number of ether oxygens (including phenoxy) is 2. The van der Waals surface area contributed by atoms with Crippen LogP contribution in [0.4, 0.5) is 0 Å². The molecule has 0 aliphatic rings. The molecule has 48 heavy (non-hydrogen) atoms. The van der Waals surface area contributed by atoms with Crippen molar-refractivity contribution in [2.45, 2.75) is 46.6 Å². The Kier molecular flexibility index (Phi) is 10.9. The quantitative estimate of drug-likeness (QED) is 0.122. The third-order valence-electron chi connectivity index (χ3n) is 8.21. The van der Waals surface area contributed by atoms with E-state index < -0.39 is 12.0 Å². The highest BCUT2D eigenvalue weighted by molar-refractivity contribution is 6.32. The topological polar surface area (TPSA) is 122 Å². The van der Waals surface area contributed by atoms with Gasteiger partial charge >= 0.3 is 5.97 Å². The van der Waals surface area contributed by atoms with Crippen molar-refractivity contribution in [2.75, 3.05) is 0 Å². The molecule has 0 aliphatic carbocycles. The fourth-order valence-electron chi connectivity index (χ4n) is 5.37. The molecule has 1 atom stereocenters. The molecule has 0 fully saturated rings. The molecule has 1 heterocycles. The average molecular weight is 660 g/mol. The molecule has 0 saturated heterocycles. The van der Waals surface area contributed by atoms with Gasteiger partial charge in [-0.3, -0.25) is 14.6 Å². The highest BCUT2D eigenvalue weighted by Gasteiger charge is 2.17. The molecule has 0 spiro atoms. The molecule has 8 nitrogen and oxygen atoms in total. The zero-order valence-electron chi connectivity index (χ0n) is 26.8. The summed E-state index contributed by atoms with van der Waals surface area (Å²) in [6.07, 6.45) is 3.94. The third kappa shape index (κ3) is 7.89. The molecule has 1 unspecified atom stereocenters. The minimum atomic E-state index is -0.976. The first kappa shape index (κ1) is 33.9. The summed E-state index contributed by atoms with van der Waals surface area (Å²) >= 11 is 6.69. The fourth-order valence-corrected chi connectivity index (χ4v) is 5.61. The van der Waals surface area contributed by atoms with Gasteiger partial charge in [0.05, 0.1) is 10.6 Å². The van der Waals surface area contributed by atoms with Gasteiger partial charge in [0.2, 0.25) is 0 Å². The molecule has 0 amide bonds. The van der Waals surface area contributed by atoms with Gasteiger partial charge in [0, 0.05) is 41.7 Å². The number of carboxylic acids is 1. The largest absolute Gasteiger partial charge is 0.488 e. The van der Waals surface area contributed by atoms with E-state index in [2.05, 4.69) is 48.4 Å². The average Bonchev–Trinajstić information content (AvgIpc) is 3.10. The van der Waals surface area contributed by atoms with Crippen molar-refractivity contribution in [3.05, 3.63) is 135 Å². The number of aliphatic carboxylic acids is 1. The molecule has 0 saturated carbocycles. The predicted molar refractivity (Wildman–Crippen MR) is 185 cm³/mol. The second kappa shape index (κ2) is 15.4. The number of nitriles is 1. The van der Waals surface area contributed by atoms with Crippen LogP contribution in [0.5, 0.6) is 11.5 Å². The van der Waals surface area contributed by atoms with Crippen LogP contribution in [-0.2, 0) is 24.6 Å². The number of aldehydes is 1. The number of pyridine rings is 1. The van der Waals surface area contributed by atoms with Gasteiger partial charge in [0.1, 0.15) is 43.1 Å². The first-order valence-electron chi connectivity index (χ1n) is 15.3. The van der Waals surface area contributed by atoms with Crippen LogP contribution in [0.25, 0.3) is 22.3 Å². The van der Waals surface area contributed by atoms with Crippen LogP contribution >= 0.6 is 11.6 Å². The predicted octanol–water partition coefficient (Wildman–Crippen LogP) is 8.09. The minimum Gasteiger partial charge on any atom is -0.488 e. The van der Waals surface area contributed by atoms with Gasteiger partial charge in [-0.25, -0.2) is 0 Å². The number of carbonyl (C=O) groups is 2. The molecule has 4 aromatic carbocycles. The van der Waals surface area contributed by atoms with Gasteiger partial charge in [-0.1, -0.05) is 72.3 Å². The lowest BCUT2D eigenvalue weighted by Gasteiger charge is -2.19. The van der Waals surface area contributed by atoms with E-state index >= 15 is 0 Å². The first-order chi connectivity index (χ1) is 23.2. The number of nitrogens with one attached hydrogen (secondary N) is 1. The highest BCUT2D eigenvalue weighted by atomic mass is 35.5. The summed E-state index contributed by atoms with van der Waals surface area (Å²) in [5, 5.41) is 21.9. The Hall–Kier alpha value is -5.49. The standard InChI is InChI=1S/C39H34ClN3O5/c1-24-31(6-4-8-34(24)35-9-5-7-33(25(35)2)30-12-10-27(21-44)11-13-30)23-48-38-16-37(47-22-29-14-28(17-41)18-42-19-29)32(15-36(38)40)20-43-26(3)39(45)46/h4-16,18-19,21,26,43H,20,22-23H2,1-3H3,(H,45,46). The van der Waals surface area contributed by atoms with Crippen LogP contribution < -0.4 is 14.8 Å². The molecule has 0 aliphatic heterocycles. The van der Waals surface area contributed by atoms with E-state index in [1.807, 2.05) is 42.5 Å². The molecular formula is C39H34ClN3O5. The summed E-state index contributed by atoms with van der Waals surface area (Å²) in [5.41, 5.74) is 9.88. The number of hydrogen-bond acceptors (Lipinski definition) is 7. The van der Waals surface area contributed by atoms with Crippen LogP contribution in [0.3, 0.4) is 0 Å². The Labute approximate surface area is 284 Å². The summed E-state index contributed by atoms with van der Waals surface area (Å²) in [5.74, 6) is -0.107. The van der Waals surface area contributed by atoms with Crippen LogP contribution in [0, 0.1) is 25.2 Å². The summed E-state index contributed by atoms with van der Waals surface area (Å²) < 4.78 is 12.4. The number of nitrogens with zero attached hydrogens (tertiary/aromatic N) is 2. The number of aromatic nitrogens is 1. The number of hydrogen-bond donors (Lipinski definition) is 2. The zero-order valence-corrected chi connectivity index (χ0v) is 27.5. The van der Waals surface area contributed by atoms with Gasteiger partial charge in [-0.05, 0) is 71.8 Å². The van der Waals surface area contributed by atoms with E-state index in [-0.39, 0.29) is 19.8 Å². The van der Waals surface area contributed by atoms with Gasteiger partial charge in [0.15, 0.2) is 0 Å².